The number of nitrogens with two attached hydrogens (primary N) is 1. The Morgan fingerprint density at radius 2 is 2.06 bits per heavy atom. The van der Waals surface area contributed by atoms with Gasteiger partial charge in [0.1, 0.15) is 28.2 Å². The van der Waals surface area contributed by atoms with Crippen LogP contribution in [0.5, 0.6) is 11.5 Å². The third kappa shape index (κ3) is 4.00. The van der Waals surface area contributed by atoms with E-state index in [1.165, 1.54) is 26.3 Å². The van der Waals surface area contributed by atoms with Crippen LogP contribution in [0.15, 0.2) is 35.5 Å². The van der Waals surface area contributed by atoms with E-state index in [-0.39, 0.29) is 36.9 Å². The van der Waals surface area contributed by atoms with E-state index in [0.717, 1.165) is 16.4 Å². The number of hydrogen-bond donors (Lipinski definition) is 1. The van der Waals surface area contributed by atoms with E-state index in [9.17, 15) is 17.2 Å². The van der Waals surface area contributed by atoms with Gasteiger partial charge in [-0.15, -0.1) is 0 Å². The molecular formula is C20H21F3N4O5S. The van der Waals surface area contributed by atoms with Crippen molar-refractivity contribution in [2.24, 2.45) is 10.7 Å². The lowest BCUT2D eigenvalue weighted by Crippen LogP contribution is -2.62. The number of ether oxygens (including phenoxy) is 3. The molecule has 13 heteroatoms. The normalized spacial score (nSPS) is 26.5. The summed E-state index contributed by atoms with van der Waals surface area (Å²) in [5.74, 6) is -3.67. The molecule has 1 fully saturated rings. The molecule has 1 aromatic heterocycles. The van der Waals surface area contributed by atoms with E-state index in [1.54, 1.807) is 0 Å². The van der Waals surface area contributed by atoms with Crippen LogP contribution in [-0.4, -0.2) is 62.4 Å². The molecule has 2 aromatic rings. The maximum Gasteiger partial charge on any atom is 0.256 e. The Kier molecular flexibility index (Phi) is 5.97. The molecule has 9 nitrogen and oxygen atoms in total. The van der Waals surface area contributed by atoms with Crippen LogP contribution in [0.25, 0.3) is 0 Å². The summed E-state index contributed by atoms with van der Waals surface area (Å²) >= 11 is 0. The predicted molar refractivity (Wildman–Crippen MR) is 111 cm³/mol. The van der Waals surface area contributed by atoms with Crippen LogP contribution in [0.4, 0.5) is 13.2 Å². The van der Waals surface area contributed by atoms with Gasteiger partial charge < -0.3 is 19.9 Å². The van der Waals surface area contributed by atoms with Gasteiger partial charge in [0.25, 0.3) is 5.95 Å². The van der Waals surface area contributed by atoms with Crippen LogP contribution >= 0.6 is 0 Å². The Labute approximate surface area is 188 Å². The smallest absolute Gasteiger partial charge is 0.256 e. The van der Waals surface area contributed by atoms with Gasteiger partial charge in [-0.2, -0.15) is 4.39 Å². The number of aliphatic imine (C=N–C) groups is 1. The van der Waals surface area contributed by atoms with Crippen LogP contribution in [-0.2, 0) is 25.0 Å². The van der Waals surface area contributed by atoms with E-state index < -0.39 is 50.2 Å². The minimum atomic E-state index is -4.06. The average Bonchev–Trinajstić information content (AvgIpc) is 2.77. The number of methoxy groups -OCH3 is 1. The monoisotopic (exact) mass is 486 g/mol. The van der Waals surface area contributed by atoms with Crippen LogP contribution < -0.4 is 10.5 Å². The van der Waals surface area contributed by atoms with Gasteiger partial charge in [0.15, 0.2) is 5.75 Å². The summed E-state index contributed by atoms with van der Waals surface area (Å²) in [5.41, 5.74) is 3.98. The Morgan fingerprint density at radius 1 is 1.30 bits per heavy atom. The van der Waals surface area contributed by atoms with Crippen LogP contribution in [0.3, 0.4) is 0 Å². The summed E-state index contributed by atoms with van der Waals surface area (Å²) < 4.78 is 86.1. The van der Waals surface area contributed by atoms with Crippen molar-refractivity contribution in [2.75, 3.05) is 27.4 Å². The van der Waals surface area contributed by atoms with Gasteiger partial charge in [-0.1, -0.05) is 0 Å². The minimum absolute atomic E-state index is 0.0374. The minimum Gasteiger partial charge on any atom is -0.452 e. The predicted octanol–water partition coefficient (Wildman–Crippen LogP) is 1.88. The quantitative estimate of drug-likeness (QED) is 0.642. The number of benzene rings is 1. The first-order valence-corrected chi connectivity index (χ1v) is 11.3. The van der Waals surface area contributed by atoms with Crippen LogP contribution in [0.2, 0.25) is 0 Å². The highest BCUT2D eigenvalue weighted by atomic mass is 32.2. The molecule has 0 unspecified atom stereocenters. The molecule has 0 spiro atoms. The molecule has 2 aliphatic heterocycles. The number of aromatic nitrogens is 1. The number of pyridine rings is 1. The van der Waals surface area contributed by atoms with E-state index in [0.29, 0.717) is 6.20 Å². The number of halogens is 3. The lowest BCUT2D eigenvalue weighted by molar-refractivity contribution is -0.0611. The first-order valence-electron chi connectivity index (χ1n) is 9.81. The highest BCUT2D eigenvalue weighted by Gasteiger charge is 2.57. The van der Waals surface area contributed by atoms with Gasteiger partial charge in [0, 0.05) is 25.8 Å². The summed E-state index contributed by atoms with van der Waals surface area (Å²) in [4.78, 5) is 7.59. The number of fused-ring (bicyclic) bond motifs is 1. The van der Waals surface area contributed by atoms with E-state index in [1.807, 2.05) is 0 Å². The summed E-state index contributed by atoms with van der Waals surface area (Å²) in [6, 6.07) is 4.15. The first-order chi connectivity index (χ1) is 15.6. The van der Waals surface area contributed by atoms with Gasteiger partial charge >= 0.3 is 0 Å². The maximum atomic E-state index is 15.1. The van der Waals surface area contributed by atoms with Crippen molar-refractivity contribution in [3.8, 4) is 11.5 Å². The van der Waals surface area contributed by atoms with Gasteiger partial charge in [0.05, 0.1) is 25.5 Å². The molecule has 2 N–H and O–H groups in total. The zero-order chi connectivity index (χ0) is 24.0. The van der Waals surface area contributed by atoms with Gasteiger partial charge in [0.2, 0.25) is 16.0 Å². The van der Waals surface area contributed by atoms with Gasteiger partial charge in [-0.3, -0.25) is 0 Å². The molecule has 0 saturated carbocycles. The van der Waals surface area contributed by atoms with Crippen molar-refractivity contribution in [1.29, 1.82) is 0 Å². The van der Waals surface area contributed by atoms with E-state index in [2.05, 4.69) is 9.98 Å². The second-order valence-corrected chi connectivity index (χ2v) is 9.85. The average molecular weight is 486 g/mol. The fourth-order valence-electron chi connectivity index (χ4n) is 4.02. The van der Waals surface area contributed by atoms with Crippen molar-refractivity contribution in [3.05, 3.63) is 53.6 Å². The number of nitrogens with zero attached hydrogens (tertiary/aromatic N) is 3. The molecule has 0 radical (unpaired) electrons. The van der Waals surface area contributed by atoms with Crippen LogP contribution in [0.1, 0.15) is 12.0 Å². The molecule has 3 heterocycles. The maximum absolute atomic E-state index is 15.1. The van der Waals surface area contributed by atoms with Crippen molar-refractivity contribution in [2.45, 2.75) is 23.3 Å². The molecular weight excluding hydrogens is 465 g/mol. The van der Waals surface area contributed by atoms with Crippen molar-refractivity contribution in [1.82, 2.24) is 9.29 Å². The fourth-order valence-corrected chi connectivity index (χ4v) is 5.91. The molecule has 1 saturated heterocycles. The Morgan fingerprint density at radius 3 is 2.79 bits per heavy atom. The highest BCUT2D eigenvalue weighted by molar-refractivity contribution is 7.90. The second kappa shape index (κ2) is 8.47. The van der Waals surface area contributed by atoms with E-state index in [4.69, 9.17) is 19.9 Å². The third-order valence-corrected chi connectivity index (χ3v) is 7.94. The summed E-state index contributed by atoms with van der Waals surface area (Å²) in [7, 11) is -1.35. The van der Waals surface area contributed by atoms with Crippen molar-refractivity contribution >= 4 is 16.0 Å². The Balaban J connectivity index is 1.83. The summed E-state index contributed by atoms with van der Waals surface area (Å²) in [6.45, 7) is -0.182. The first kappa shape index (κ1) is 23.3. The molecule has 3 atom stereocenters. The zero-order valence-corrected chi connectivity index (χ0v) is 18.5. The fraction of sp³-hybridized carbons (Fsp3) is 0.400. The number of hydrogen-bond acceptors (Lipinski definition) is 8. The zero-order valence-electron chi connectivity index (χ0n) is 17.7. The molecule has 0 aliphatic carbocycles. The molecule has 2 aliphatic rings. The SMILES string of the molecule is COC[C@H]1C[C@@H]2[C@](c3cc(Oc4cc(F)cnc4F)ccc3F)(CO1)N=C(N)N(C)S2(=O)=O. The molecule has 0 bridgehead atoms. The van der Waals surface area contributed by atoms with E-state index >= 15 is 4.39 Å². The van der Waals surface area contributed by atoms with Crippen molar-refractivity contribution < 1.29 is 35.8 Å². The van der Waals surface area contributed by atoms with Crippen LogP contribution in [0, 0.1) is 17.6 Å². The number of guanidine groups is 1. The standard InChI is InChI=1S/C20H21F3N4O5S/c1-27-19(24)26-20(10-31-13(9-30-2)7-17(20)33(27,28)29)14-6-12(3-4-15(14)22)32-16-5-11(21)8-25-18(16)23/h3-6,8,13,17H,7,9-10H2,1-2H3,(H2,24,26)/t13-,17-,20-/m1/s1. The Bertz CT molecular complexity index is 1210. The molecule has 4 rings (SSSR count). The summed E-state index contributed by atoms with van der Waals surface area (Å²) in [5, 5.41) is -1.23. The van der Waals surface area contributed by atoms with Crippen molar-refractivity contribution in [3.63, 3.8) is 0 Å². The lowest BCUT2D eigenvalue weighted by atomic mass is 9.82. The molecule has 1 aromatic carbocycles. The Hall–Kier alpha value is -2.90. The largest absolute Gasteiger partial charge is 0.452 e. The third-order valence-electron chi connectivity index (χ3n) is 5.68. The number of rotatable bonds is 5. The topological polar surface area (TPSA) is 116 Å². The lowest BCUT2D eigenvalue weighted by Gasteiger charge is -2.47. The molecule has 178 valence electrons. The molecule has 0 amide bonds. The van der Waals surface area contributed by atoms with Gasteiger partial charge in [-0.25, -0.2) is 31.5 Å². The van der Waals surface area contributed by atoms with Gasteiger partial charge in [-0.05, 0) is 24.6 Å². The highest BCUT2D eigenvalue weighted by Crippen LogP contribution is 2.45. The number of sulfonamides is 1. The molecule has 33 heavy (non-hydrogen) atoms. The summed E-state index contributed by atoms with van der Waals surface area (Å²) in [6.07, 6.45) is 0.0729. The second-order valence-electron chi connectivity index (χ2n) is 7.71.